The zero-order valence-electron chi connectivity index (χ0n) is 19.0. The number of piperidine rings is 1. The maximum Gasteiger partial charge on any atom is 0.315 e. The standard InChI is InChI=1S/C25H36N4O3/c30-23(29-18-12-19-7-4-5-10-22(19)29)11-6-15-26-25(32)27-21-13-16-28(17-14-21)24(31)20-8-2-1-3-9-20/h4-5,7,10,20-21H,1-3,6,8-9,11-18H2,(H2,26,27,32). The van der Waals surface area contributed by atoms with Crippen LogP contribution in [-0.2, 0) is 16.0 Å². The van der Waals surface area contributed by atoms with Crippen molar-refractivity contribution < 1.29 is 14.4 Å². The number of anilines is 1. The molecule has 0 unspecified atom stereocenters. The van der Waals surface area contributed by atoms with Gasteiger partial charge in [-0.1, -0.05) is 37.5 Å². The van der Waals surface area contributed by atoms with E-state index >= 15 is 0 Å². The van der Waals surface area contributed by atoms with Crippen molar-refractivity contribution >= 4 is 23.5 Å². The number of carbonyl (C=O) groups is 3. The van der Waals surface area contributed by atoms with Gasteiger partial charge in [0.15, 0.2) is 0 Å². The van der Waals surface area contributed by atoms with Gasteiger partial charge in [-0.2, -0.15) is 0 Å². The number of para-hydroxylation sites is 1. The van der Waals surface area contributed by atoms with E-state index in [1.54, 1.807) is 0 Å². The third-order valence-corrected chi connectivity index (χ3v) is 7.14. The number of rotatable bonds is 6. The summed E-state index contributed by atoms with van der Waals surface area (Å²) in [5.74, 6) is 0.651. The van der Waals surface area contributed by atoms with Gasteiger partial charge in [-0.05, 0) is 50.2 Å². The minimum atomic E-state index is -0.180. The van der Waals surface area contributed by atoms with Gasteiger partial charge < -0.3 is 20.4 Å². The van der Waals surface area contributed by atoms with Gasteiger partial charge in [-0.25, -0.2) is 4.79 Å². The van der Waals surface area contributed by atoms with Gasteiger partial charge in [0.05, 0.1) is 0 Å². The van der Waals surface area contributed by atoms with Crippen LogP contribution in [0.15, 0.2) is 24.3 Å². The van der Waals surface area contributed by atoms with Crippen molar-refractivity contribution in [1.29, 1.82) is 0 Å². The first-order chi connectivity index (χ1) is 15.6. The van der Waals surface area contributed by atoms with Gasteiger partial charge in [0.1, 0.15) is 0 Å². The van der Waals surface area contributed by atoms with E-state index < -0.39 is 0 Å². The Morgan fingerprint density at radius 3 is 2.47 bits per heavy atom. The lowest BCUT2D eigenvalue weighted by Gasteiger charge is -2.35. The van der Waals surface area contributed by atoms with E-state index in [1.165, 1.54) is 24.8 Å². The van der Waals surface area contributed by atoms with Crippen LogP contribution in [0.5, 0.6) is 0 Å². The highest BCUT2D eigenvalue weighted by Gasteiger charge is 2.29. The van der Waals surface area contributed by atoms with Gasteiger partial charge in [0, 0.05) is 50.2 Å². The molecule has 0 spiro atoms. The van der Waals surface area contributed by atoms with E-state index in [0.717, 1.165) is 57.4 Å². The molecule has 0 aromatic heterocycles. The summed E-state index contributed by atoms with van der Waals surface area (Å²) in [7, 11) is 0. The first kappa shape index (κ1) is 22.6. The Bertz CT molecular complexity index is 813. The molecule has 2 aliphatic heterocycles. The first-order valence-electron chi connectivity index (χ1n) is 12.3. The van der Waals surface area contributed by atoms with Gasteiger partial charge in [0.2, 0.25) is 11.8 Å². The summed E-state index contributed by atoms with van der Waals surface area (Å²) in [4.78, 5) is 41.3. The third kappa shape index (κ3) is 5.61. The van der Waals surface area contributed by atoms with Crippen molar-refractivity contribution in [3.05, 3.63) is 29.8 Å². The minimum Gasteiger partial charge on any atom is -0.342 e. The average Bonchev–Trinajstić information content (AvgIpc) is 3.27. The van der Waals surface area contributed by atoms with Crippen LogP contribution in [0.4, 0.5) is 10.5 Å². The fourth-order valence-corrected chi connectivity index (χ4v) is 5.26. The quantitative estimate of drug-likeness (QED) is 0.667. The molecule has 0 atom stereocenters. The molecular formula is C25H36N4O3. The lowest BCUT2D eigenvalue weighted by molar-refractivity contribution is -0.137. The molecule has 0 bridgehead atoms. The van der Waals surface area contributed by atoms with Gasteiger partial charge in [0.25, 0.3) is 0 Å². The van der Waals surface area contributed by atoms with Crippen LogP contribution < -0.4 is 15.5 Å². The SMILES string of the molecule is O=C(NCCCC(=O)N1CCc2ccccc21)NC1CCN(C(=O)C2CCCCC2)CC1. The number of fused-ring (bicyclic) bond motifs is 1. The molecule has 7 heteroatoms. The second-order valence-electron chi connectivity index (χ2n) is 9.36. The summed E-state index contributed by atoms with van der Waals surface area (Å²) in [6, 6.07) is 7.97. The van der Waals surface area contributed by atoms with Crippen molar-refractivity contribution in [2.24, 2.45) is 5.92 Å². The molecule has 1 aromatic rings. The highest BCUT2D eigenvalue weighted by molar-refractivity contribution is 5.95. The fraction of sp³-hybridized carbons (Fsp3) is 0.640. The number of nitrogens with zero attached hydrogens (tertiary/aromatic N) is 2. The largest absolute Gasteiger partial charge is 0.342 e. The summed E-state index contributed by atoms with van der Waals surface area (Å²) in [6.45, 7) is 2.68. The summed E-state index contributed by atoms with van der Waals surface area (Å²) in [5, 5.41) is 5.91. The van der Waals surface area contributed by atoms with Gasteiger partial charge >= 0.3 is 6.03 Å². The normalized spacial score (nSPS) is 19.5. The monoisotopic (exact) mass is 440 g/mol. The molecule has 1 aliphatic carbocycles. The van der Waals surface area contributed by atoms with E-state index in [1.807, 2.05) is 28.0 Å². The lowest BCUT2D eigenvalue weighted by atomic mass is 9.87. The highest BCUT2D eigenvalue weighted by atomic mass is 16.2. The van der Waals surface area contributed by atoms with Crippen molar-refractivity contribution in [1.82, 2.24) is 15.5 Å². The minimum absolute atomic E-state index is 0.105. The first-order valence-corrected chi connectivity index (χ1v) is 12.3. The van der Waals surface area contributed by atoms with E-state index in [-0.39, 0.29) is 23.9 Å². The number of urea groups is 1. The third-order valence-electron chi connectivity index (χ3n) is 7.14. The molecule has 0 radical (unpaired) electrons. The fourth-order valence-electron chi connectivity index (χ4n) is 5.26. The second kappa shape index (κ2) is 10.8. The van der Waals surface area contributed by atoms with E-state index in [4.69, 9.17) is 0 Å². The summed E-state index contributed by atoms with van der Waals surface area (Å²) in [5.41, 5.74) is 2.25. The Morgan fingerprint density at radius 1 is 0.938 bits per heavy atom. The zero-order valence-corrected chi connectivity index (χ0v) is 19.0. The molecule has 32 heavy (non-hydrogen) atoms. The maximum atomic E-state index is 12.7. The molecule has 4 amide bonds. The van der Waals surface area contributed by atoms with E-state index in [0.29, 0.717) is 25.3 Å². The molecule has 4 rings (SSSR count). The molecule has 2 N–H and O–H groups in total. The number of benzene rings is 1. The average molecular weight is 441 g/mol. The maximum absolute atomic E-state index is 12.7. The van der Waals surface area contributed by atoms with Crippen LogP contribution in [0.25, 0.3) is 0 Å². The Labute approximate surface area is 190 Å². The van der Waals surface area contributed by atoms with Crippen LogP contribution in [0.3, 0.4) is 0 Å². The smallest absolute Gasteiger partial charge is 0.315 e. The molecule has 1 aromatic carbocycles. The molecule has 3 aliphatic rings. The Morgan fingerprint density at radius 2 is 1.69 bits per heavy atom. The van der Waals surface area contributed by atoms with Crippen LogP contribution >= 0.6 is 0 Å². The molecule has 2 heterocycles. The number of hydrogen-bond donors (Lipinski definition) is 2. The number of likely N-dealkylation sites (tertiary alicyclic amines) is 1. The molecule has 7 nitrogen and oxygen atoms in total. The van der Waals surface area contributed by atoms with Crippen LogP contribution in [0, 0.1) is 5.92 Å². The van der Waals surface area contributed by atoms with Crippen molar-refractivity contribution in [3.63, 3.8) is 0 Å². The number of hydrogen-bond acceptors (Lipinski definition) is 3. The molecule has 1 saturated heterocycles. The molecule has 2 fully saturated rings. The number of nitrogens with one attached hydrogen (secondary N) is 2. The van der Waals surface area contributed by atoms with Gasteiger partial charge in [-0.15, -0.1) is 0 Å². The molecule has 174 valence electrons. The zero-order chi connectivity index (χ0) is 22.3. The lowest BCUT2D eigenvalue weighted by Crippen LogP contribution is -2.50. The van der Waals surface area contributed by atoms with E-state index in [2.05, 4.69) is 16.7 Å². The van der Waals surface area contributed by atoms with Crippen molar-refractivity contribution in [3.8, 4) is 0 Å². The van der Waals surface area contributed by atoms with E-state index in [9.17, 15) is 14.4 Å². The Balaban J connectivity index is 1.10. The summed E-state index contributed by atoms with van der Waals surface area (Å²) < 4.78 is 0. The summed E-state index contributed by atoms with van der Waals surface area (Å²) >= 11 is 0. The van der Waals surface area contributed by atoms with Crippen molar-refractivity contribution in [2.75, 3.05) is 31.1 Å². The Kier molecular flexibility index (Phi) is 7.66. The molecule has 1 saturated carbocycles. The molecular weight excluding hydrogens is 404 g/mol. The second-order valence-corrected chi connectivity index (χ2v) is 9.36. The number of carbonyl (C=O) groups excluding carboxylic acids is 3. The van der Waals surface area contributed by atoms with Crippen LogP contribution in [-0.4, -0.2) is 55.0 Å². The Hall–Kier alpha value is -2.57. The summed E-state index contributed by atoms with van der Waals surface area (Å²) in [6.07, 6.45) is 9.24. The van der Waals surface area contributed by atoms with Crippen LogP contribution in [0.2, 0.25) is 0 Å². The number of amides is 4. The van der Waals surface area contributed by atoms with Gasteiger partial charge in [-0.3, -0.25) is 9.59 Å². The highest BCUT2D eigenvalue weighted by Crippen LogP contribution is 2.28. The topological polar surface area (TPSA) is 81.8 Å². The van der Waals surface area contributed by atoms with Crippen LogP contribution in [0.1, 0.15) is 63.4 Å². The predicted molar refractivity (Wildman–Crippen MR) is 124 cm³/mol. The predicted octanol–water partition coefficient (Wildman–Crippen LogP) is 3.23. The van der Waals surface area contributed by atoms with Crippen molar-refractivity contribution in [2.45, 2.75) is 70.3 Å².